The molecule has 0 aliphatic carbocycles. The number of nitrogens with one attached hydrogen (secondary N) is 1. The minimum atomic E-state index is 0.250. The summed E-state index contributed by atoms with van der Waals surface area (Å²) in [6.07, 6.45) is 1.13. The predicted molar refractivity (Wildman–Crippen MR) is 81.2 cm³/mol. The van der Waals surface area contributed by atoms with Crippen molar-refractivity contribution in [1.29, 1.82) is 0 Å². The molecular weight excluding hydrogens is 266 g/mol. The lowest BCUT2D eigenvalue weighted by atomic mass is 10.2. The Kier molecular flexibility index (Phi) is 5.12. The highest BCUT2D eigenvalue weighted by molar-refractivity contribution is 5.24. The van der Waals surface area contributed by atoms with Crippen LogP contribution in [0, 0.1) is 13.8 Å². The SMILES string of the molecule is CCCNCc1c(C)nn(Cc2noc(C(C)C)n2)c1C. The molecule has 0 amide bonds. The molecule has 116 valence electrons. The third kappa shape index (κ3) is 3.69. The Balaban J connectivity index is 2.11. The van der Waals surface area contributed by atoms with Crippen LogP contribution < -0.4 is 5.32 Å². The average Bonchev–Trinajstić information content (AvgIpc) is 2.99. The number of hydrogen-bond donors (Lipinski definition) is 1. The summed E-state index contributed by atoms with van der Waals surface area (Å²) in [5, 5.41) is 12.0. The molecule has 0 unspecified atom stereocenters. The smallest absolute Gasteiger partial charge is 0.229 e. The maximum atomic E-state index is 5.24. The molecule has 0 aliphatic rings. The average molecular weight is 291 g/mol. The van der Waals surface area contributed by atoms with Crippen LogP contribution in [0.25, 0.3) is 0 Å². The van der Waals surface area contributed by atoms with Crippen LogP contribution in [0.1, 0.15) is 61.8 Å². The Hall–Kier alpha value is -1.69. The molecule has 0 fully saturated rings. The first kappa shape index (κ1) is 15.7. The van der Waals surface area contributed by atoms with E-state index in [2.05, 4.69) is 34.4 Å². The number of hydrogen-bond acceptors (Lipinski definition) is 5. The van der Waals surface area contributed by atoms with Crippen LogP contribution in [-0.2, 0) is 13.1 Å². The van der Waals surface area contributed by atoms with Gasteiger partial charge in [0.05, 0.1) is 5.69 Å². The lowest BCUT2D eigenvalue weighted by Gasteiger charge is -2.04. The van der Waals surface area contributed by atoms with E-state index in [1.54, 1.807) is 0 Å². The van der Waals surface area contributed by atoms with Crippen LogP contribution in [0.2, 0.25) is 0 Å². The molecular formula is C15H25N5O. The highest BCUT2D eigenvalue weighted by Gasteiger charge is 2.15. The fourth-order valence-corrected chi connectivity index (χ4v) is 2.23. The molecule has 21 heavy (non-hydrogen) atoms. The Morgan fingerprint density at radius 2 is 2.05 bits per heavy atom. The van der Waals surface area contributed by atoms with Gasteiger partial charge in [-0.2, -0.15) is 10.1 Å². The molecule has 0 atom stereocenters. The summed E-state index contributed by atoms with van der Waals surface area (Å²) < 4.78 is 7.19. The van der Waals surface area contributed by atoms with Crippen LogP contribution in [0.15, 0.2) is 4.52 Å². The molecule has 0 saturated carbocycles. The second kappa shape index (κ2) is 6.85. The molecule has 1 N–H and O–H groups in total. The van der Waals surface area contributed by atoms with Crippen molar-refractivity contribution in [2.75, 3.05) is 6.54 Å². The summed E-state index contributed by atoms with van der Waals surface area (Å²) in [6.45, 7) is 12.8. The van der Waals surface area contributed by atoms with Crippen molar-refractivity contribution in [2.45, 2.75) is 60.0 Å². The molecule has 0 radical (unpaired) electrons. The molecule has 0 bridgehead atoms. The van der Waals surface area contributed by atoms with Gasteiger partial charge in [-0.15, -0.1) is 0 Å². The highest BCUT2D eigenvalue weighted by Crippen LogP contribution is 2.15. The Bertz CT molecular complexity index is 585. The van der Waals surface area contributed by atoms with Crippen molar-refractivity contribution < 1.29 is 4.52 Å². The van der Waals surface area contributed by atoms with Crippen LogP contribution in [-0.4, -0.2) is 26.5 Å². The maximum absolute atomic E-state index is 5.24. The van der Waals surface area contributed by atoms with Crippen molar-refractivity contribution in [2.24, 2.45) is 0 Å². The lowest BCUT2D eigenvalue weighted by molar-refractivity contribution is 0.359. The minimum Gasteiger partial charge on any atom is -0.339 e. The third-order valence-electron chi connectivity index (χ3n) is 3.53. The molecule has 0 aliphatic heterocycles. The normalized spacial score (nSPS) is 11.5. The number of aryl methyl sites for hydroxylation is 1. The van der Waals surface area contributed by atoms with Gasteiger partial charge >= 0.3 is 0 Å². The maximum Gasteiger partial charge on any atom is 0.229 e. The molecule has 2 aromatic heterocycles. The first-order valence-electron chi connectivity index (χ1n) is 7.59. The molecule has 2 aromatic rings. The summed E-state index contributed by atoms with van der Waals surface area (Å²) in [7, 11) is 0. The van der Waals surface area contributed by atoms with Gasteiger partial charge in [0.2, 0.25) is 5.89 Å². The highest BCUT2D eigenvalue weighted by atomic mass is 16.5. The number of rotatable bonds is 7. The van der Waals surface area contributed by atoms with Crippen molar-refractivity contribution in [3.05, 3.63) is 28.7 Å². The number of aromatic nitrogens is 4. The van der Waals surface area contributed by atoms with Crippen LogP contribution in [0.3, 0.4) is 0 Å². The Morgan fingerprint density at radius 1 is 1.29 bits per heavy atom. The topological polar surface area (TPSA) is 68.8 Å². The lowest BCUT2D eigenvalue weighted by Crippen LogP contribution is -2.15. The van der Waals surface area contributed by atoms with Gasteiger partial charge in [-0.25, -0.2) is 0 Å². The van der Waals surface area contributed by atoms with Crippen molar-refractivity contribution >= 4 is 0 Å². The van der Waals surface area contributed by atoms with Gasteiger partial charge in [-0.1, -0.05) is 25.9 Å². The predicted octanol–water partition coefficient (Wildman–Crippen LogP) is 2.55. The zero-order valence-electron chi connectivity index (χ0n) is 13.6. The molecule has 2 heterocycles. The van der Waals surface area contributed by atoms with Crippen LogP contribution in [0.5, 0.6) is 0 Å². The molecule has 0 saturated heterocycles. The zero-order chi connectivity index (χ0) is 15.4. The molecule has 6 heteroatoms. The van der Waals surface area contributed by atoms with Gasteiger partial charge in [-0.05, 0) is 26.8 Å². The van der Waals surface area contributed by atoms with Gasteiger partial charge in [0.1, 0.15) is 6.54 Å². The van der Waals surface area contributed by atoms with E-state index in [0.29, 0.717) is 18.3 Å². The number of nitrogens with zero attached hydrogens (tertiary/aromatic N) is 4. The van der Waals surface area contributed by atoms with Crippen molar-refractivity contribution in [3.63, 3.8) is 0 Å². The summed E-state index contributed by atoms with van der Waals surface area (Å²) in [4.78, 5) is 4.41. The van der Waals surface area contributed by atoms with Gasteiger partial charge in [0, 0.05) is 23.7 Å². The van der Waals surface area contributed by atoms with Crippen molar-refractivity contribution in [1.82, 2.24) is 25.2 Å². The quantitative estimate of drug-likeness (QED) is 0.794. The van der Waals surface area contributed by atoms with E-state index >= 15 is 0 Å². The van der Waals surface area contributed by atoms with Crippen LogP contribution in [0.4, 0.5) is 0 Å². The molecule has 0 spiro atoms. The first-order valence-corrected chi connectivity index (χ1v) is 7.59. The monoisotopic (exact) mass is 291 g/mol. The first-order chi connectivity index (χ1) is 10.0. The second-order valence-corrected chi connectivity index (χ2v) is 5.69. The van der Waals surface area contributed by atoms with E-state index in [9.17, 15) is 0 Å². The third-order valence-corrected chi connectivity index (χ3v) is 3.53. The summed E-state index contributed by atoms with van der Waals surface area (Å²) in [6, 6.07) is 0. The van der Waals surface area contributed by atoms with Gasteiger partial charge in [-0.3, -0.25) is 4.68 Å². The van der Waals surface area contributed by atoms with E-state index in [0.717, 1.165) is 30.9 Å². The molecule has 0 aromatic carbocycles. The van der Waals surface area contributed by atoms with Gasteiger partial charge in [0.15, 0.2) is 5.82 Å². The largest absolute Gasteiger partial charge is 0.339 e. The summed E-state index contributed by atoms with van der Waals surface area (Å²) >= 11 is 0. The van der Waals surface area contributed by atoms with E-state index in [1.807, 2.05) is 25.5 Å². The minimum absolute atomic E-state index is 0.250. The fraction of sp³-hybridized carbons (Fsp3) is 0.667. The second-order valence-electron chi connectivity index (χ2n) is 5.69. The summed E-state index contributed by atoms with van der Waals surface area (Å²) in [5.74, 6) is 1.61. The Labute approximate surface area is 125 Å². The zero-order valence-corrected chi connectivity index (χ0v) is 13.6. The molecule has 6 nitrogen and oxygen atoms in total. The summed E-state index contributed by atoms with van der Waals surface area (Å²) in [5.41, 5.74) is 3.48. The van der Waals surface area contributed by atoms with E-state index < -0.39 is 0 Å². The fourth-order valence-electron chi connectivity index (χ4n) is 2.23. The molecule has 2 rings (SSSR count). The van der Waals surface area contributed by atoms with Crippen LogP contribution >= 0.6 is 0 Å². The van der Waals surface area contributed by atoms with Gasteiger partial charge < -0.3 is 9.84 Å². The Morgan fingerprint density at radius 3 is 2.67 bits per heavy atom. The van der Waals surface area contributed by atoms with Gasteiger partial charge in [0.25, 0.3) is 0 Å². The standard InChI is InChI=1S/C15H25N5O/c1-6-7-16-8-13-11(4)18-20(12(13)5)9-14-17-15(10(2)3)21-19-14/h10,16H,6-9H2,1-5H3. The van der Waals surface area contributed by atoms with E-state index in [1.165, 1.54) is 5.56 Å². The van der Waals surface area contributed by atoms with E-state index in [4.69, 9.17) is 4.52 Å². The van der Waals surface area contributed by atoms with E-state index in [-0.39, 0.29) is 5.92 Å². The van der Waals surface area contributed by atoms with Crippen molar-refractivity contribution in [3.8, 4) is 0 Å².